The van der Waals surface area contributed by atoms with Gasteiger partial charge in [-0.2, -0.15) is 14.8 Å². The number of H-pyrrole nitrogens is 1. The quantitative estimate of drug-likeness (QED) is 0.602. The molecule has 0 fully saturated rings. The minimum absolute atomic E-state index is 0.568. The minimum Gasteiger partial charge on any atom is -0.244 e. The van der Waals surface area contributed by atoms with Gasteiger partial charge in [0.1, 0.15) is 11.8 Å². The van der Waals surface area contributed by atoms with E-state index in [0.29, 0.717) is 5.95 Å². The van der Waals surface area contributed by atoms with Crippen molar-refractivity contribution in [3.63, 3.8) is 0 Å². The molecule has 2 heterocycles. The van der Waals surface area contributed by atoms with E-state index in [1.807, 2.05) is 24.3 Å². The lowest BCUT2D eigenvalue weighted by Gasteiger charge is -1.93. The van der Waals surface area contributed by atoms with Gasteiger partial charge in [0.05, 0.1) is 5.52 Å². The van der Waals surface area contributed by atoms with Gasteiger partial charge in [-0.15, -0.1) is 5.10 Å². The number of hydrogen-bond donors (Lipinski definition) is 1. The monoisotopic (exact) mass is 186 g/mol. The van der Waals surface area contributed by atoms with Crippen molar-refractivity contribution in [1.82, 2.24) is 30.2 Å². The zero-order chi connectivity index (χ0) is 9.38. The Morgan fingerprint density at radius 1 is 1.21 bits per heavy atom. The predicted octanol–water partition coefficient (Wildman–Crippen LogP) is 0.539. The Morgan fingerprint density at radius 2 is 2.14 bits per heavy atom. The molecule has 0 saturated heterocycles. The summed E-state index contributed by atoms with van der Waals surface area (Å²) in [5, 5.41) is 14.5. The van der Waals surface area contributed by atoms with E-state index in [9.17, 15) is 0 Å². The molecule has 6 nitrogen and oxygen atoms in total. The summed E-state index contributed by atoms with van der Waals surface area (Å²) in [6.45, 7) is 0. The van der Waals surface area contributed by atoms with Gasteiger partial charge in [-0.25, -0.2) is 5.10 Å². The van der Waals surface area contributed by atoms with Crippen LogP contribution in [0.4, 0.5) is 0 Å². The third kappa shape index (κ3) is 0.905. The van der Waals surface area contributed by atoms with Crippen LogP contribution in [-0.2, 0) is 0 Å². The van der Waals surface area contributed by atoms with Gasteiger partial charge in [0, 0.05) is 0 Å². The molecule has 6 heteroatoms. The van der Waals surface area contributed by atoms with E-state index < -0.39 is 0 Å². The molecule has 3 aromatic rings. The fourth-order valence-corrected chi connectivity index (χ4v) is 1.33. The third-order valence-electron chi connectivity index (χ3n) is 1.95. The fourth-order valence-electron chi connectivity index (χ4n) is 1.33. The lowest BCUT2D eigenvalue weighted by molar-refractivity contribution is 0.778. The number of aromatic amines is 1. The standard InChI is InChI=1S/C8H6N6/c1-2-4-7-6(3-1)11-13-14(7)8-9-5-10-12-8/h1-5H,(H,9,10,12). The molecule has 0 aliphatic heterocycles. The second-order valence-electron chi connectivity index (χ2n) is 2.80. The second kappa shape index (κ2) is 2.63. The van der Waals surface area contributed by atoms with Crippen molar-refractivity contribution in [3.8, 4) is 5.95 Å². The van der Waals surface area contributed by atoms with Crippen molar-refractivity contribution in [3.05, 3.63) is 30.6 Å². The average Bonchev–Trinajstić information content (AvgIpc) is 2.85. The Balaban J connectivity index is 2.33. The summed E-state index contributed by atoms with van der Waals surface area (Å²) in [5.74, 6) is 0.568. The average molecular weight is 186 g/mol. The Morgan fingerprint density at radius 3 is 3.00 bits per heavy atom. The smallest absolute Gasteiger partial charge is 0.244 e. The van der Waals surface area contributed by atoms with Crippen LogP contribution in [0.15, 0.2) is 30.6 Å². The fraction of sp³-hybridized carbons (Fsp3) is 0. The van der Waals surface area contributed by atoms with Crippen LogP contribution >= 0.6 is 0 Å². The van der Waals surface area contributed by atoms with E-state index in [0.717, 1.165) is 11.0 Å². The first-order valence-electron chi connectivity index (χ1n) is 4.11. The number of nitrogens with zero attached hydrogens (tertiary/aromatic N) is 5. The van der Waals surface area contributed by atoms with Crippen molar-refractivity contribution >= 4 is 11.0 Å². The Hall–Kier alpha value is -2.24. The molecule has 0 aliphatic rings. The van der Waals surface area contributed by atoms with Crippen LogP contribution in [-0.4, -0.2) is 30.2 Å². The molecule has 0 saturated carbocycles. The maximum Gasteiger partial charge on any atom is 0.248 e. The molecule has 1 N–H and O–H groups in total. The molecule has 1 aromatic carbocycles. The maximum atomic E-state index is 4.00. The molecule has 68 valence electrons. The first kappa shape index (κ1) is 7.19. The van der Waals surface area contributed by atoms with E-state index >= 15 is 0 Å². The maximum absolute atomic E-state index is 4.00. The van der Waals surface area contributed by atoms with E-state index in [2.05, 4.69) is 25.5 Å². The molecule has 0 amide bonds. The molecule has 0 unspecified atom stereocenters. The van der Waals surface area contributed by atoms with Crippen LogP contribution in [0, 0.1) is 0 Å². The second-order valence-corrected chi connectivity index (χ2v) is 2.80. The van der Waals surface area contributed by atoms with Gasteiger partial charge in [0.15, 0.2) is 0 Å². The number of benzene rings is 1. The summed E-state index contributed by atoms with van der Waals surface area (Å²) in [6.07, 6.45) is 1.44. The molecule has 0 atom stereocenters. The van der Waals surface area contributed by atoms with E-state index in [1.54, 1.807) is 4.68 Å². The zero-order valence-corrected chi connectivity index (χ0v) is 7.12. The first-order chi connectivity index (χ1) is 6.95. The Bertz CT molecular complexity index is 552. The molecule has 14 heavy (non-hydrogen) atoms. The molecular formula is C8H6N6. The highest BCUT2D eigenvalue weighted by Crippen LogP contribution is 2.11. The number of para-hydroxylation sites is 1. The van der Waals surface area contributed by atoms with Gasteiger partial charge in [0.25, 0.3) is 0 Å². The SMILES string of the molecule is c1ccc2c(c1)nnn2-c1ncn[nH]1. The highest BCUT2D eigenvalue weighted by Gasteiger charge is 2.06. The molecular weight excluding hydrogens is 180 g/mol. The zero-order valence-electron chi connectivity index (χ0n) is 7.12. The molecule has 0 spiro atoms. The summed E-state index contributed by atoms with van der Waals surface area (Å²) in [6, 6.07) is 7.67. The van der Waals surface area contributed by atoms with E-state index in [4.69, 9.17) is 0 Å². The molecule has 3 rings (SSSR count). The van der Waals surface area contributed by atoms with Gasteiger partial charge in [-0.05, 0) is 12.1 Å². The number of rotatable bonds is 1. The Labute approximate surface area is 78.6 Å². The summed E-state index contributed by atoms with van der Waals surface area (Å²) in [5.41, 5.74) is 1.74. The number of nitrogens with one attached hydrogen (secondary N) is 1. The van der Waals surface area contributed by atoms with Crippen molar-refractivity contribution in [2.45, 2.75) is 0 Å². The highest BCUT2D eigenvalue weighted by molar-refractivity contribution is 5.75. The van der Waals surface area contributed by atoms with E-state index in [-0.39, 0.29) is 0 Å². The van der Waals surface area contributed by atoms with Crippen molar-refractivity contribution in [2.75, 3.05) is 0 Å². The number of hydrogen-bond acceptors (Lipinski definition) is 4. The van der Waals surface area contributed by atoms with Crippen molar-refractivity contribution < 1.29 is 0 Å². The van der Waals surface area contributed by atoms with Crippen LogP contribution in [0.1, 0.15) is 0 Å². The summed E-state index contributed by atoms with van der Waals surface area (Å²) < 4.78 is 1.61. The van der Waals surface area contributed by atoms with Crippen LogP contribution in [0.5, 0.6) is 0 Å². The lowest BCUT2D eigenvalue weighted by atomic mass is 10.3. The van der Waals surface area contributed by atoms with E-state index in [1.165, 1.54) is 6.33 Å². The van der Waals surface area contributed by atoms with Crippen LogP contribution in [0.2, 0.25) is 0 Å². The normalized spacial score (nSPS) is 10.9. The molecule has 0 radical (unpaired) electrons. The van der Waals surface area contributed by atoms with Crippen molar-refractivity contribution in [1.29, 1.82) is 0 Å². The predicted molar refractivity (Wildman–Crippen MR) is 48.8 cm³/mol. The van der Waals surface area contributed by atoms with Gasteiger partial charge in [-0.1, -0.05) is 17.3 Å². The third-order valence-corrected chi connectivity index (χ3v) is 1.95. The molecule has 0 bridgehead atoms. The van der Waals surface area contributed by atoms with Gasteiger partial charge in [0.2, 0.25) is 5.95 Å². The molecule has 2 aromatic heterocycles. The minimum atomic E-state index is 0.568. The van der Waals surface area contributed by atoms with Crippen LogP contribution in [0.3, 0.4) is 0 Å². The van der Waals surface area contributed by atoms with Crippen LogP contribution < -0.4 is 0 Å². The highest BCUT2D eigenvalue weighted by atomic mass is 15.5. The number of fused-ring (bicyclic) bond motifs is 1. The van der Waals surface area contributed by atoms with Gasteiger partial charge >= 0.3 is 0 Å². The molecule has 0 aliphatic carbocycles. The van der Waals surface area contributed by atoms with Crippen LogP contribution in [0.25, 0.3) is 17.0 Å². The van der Waals surface area contributed by atoms with Gasteiger partial charge < -0.3 is 0 Å². The van der Waals surface area contributed by atoms with Crippen molar-refractivity contribution in [2.24, 2.45) is 0 Å². The Kier molecular flexibility index (Phi) is 1.35. The summed E-state index contributed by atoms with van der Waals surface area (Å²) in [7, 11) is 0. The topological polar surface area (TPSA) is 72.3 Å². The summed E-state index contributed by atoms with van der Waals surface area (Å²) >= 11 is 0. The first-order valence-corrected chi connectivity index (χ1v) is 4.11. The number of aromatic nitrogens is 6. The lowest BCUT2D eigenvalue weighted by Crippen LogP contribution is -1.98. The summed E-state index contributed by atoms with van der Waals surface area (Å²) in [4.78, 5) is 4.00. The largest absolute Gasteiger partial charge is 0.248 e. The van der Waals surface area contributed by atoms with Gasteiger partial charge in [-0.3, -0.25) is 0 Å².